The molecule has 1 atom stereocenters. The Hall–Kier alpha value is -1.99. The molecule has 0 aliphatic carbocycles. The molecule has 7 heteroatoms. The number of aromatic nitrogens is 1. The number of nitrogens with zero attached hydrogens (tertiary/aromatic N) is 1. The lowest BCUT2D eigenvalue weighted by Gasteiger charge is -2.15. The van der Waals surface area contributed by atoms with Crippen molar-refractivity contribution < 1.29 is 12.8 Å². The zero-order valence-corrected chi connectivity index (χ0v) is 12.5. The fourth-order valence-corrected chi connectivity index (χ4v) is 2.61. The molecule has 21 heavy (non-hydrogen) atoms. The summed E-state index contributed by atoms with van der Waals surface area (Å²) in [5.74, 6) is -0.395. The van der Waals surface area contributed by atoms with Crippen LogP contribution in [0.3, 0.4) is 0 Å². The number of sulfonamides is 1. The van der Waals surface area contributed by atoms with Crippen LogP contribution in [0.4, 0.5) is 10.1 Å². The van der Waals surface area contributed by atoms with Gasteiger partial charge in [0.1, 0.15) is 5.82 Å². The molecule has 0 saturated heterocycles. The highest BCUT2D eigenvalue weighted by Crippen LogP contribution is 2.20. The summed E-state index contributed by atoms with van der Waals surface area (Å²) in [5.41, 5.74) is 1.31. The van der Waals surface area contributed by atoms with Gasteiger partial charge >= 0.3 is 0 Å². The van der Waals surface area contributed by atoms with Crippen LogP contribution in [0.15, 0.2) is 47.5 Å². The molecule has 0 fully saturated rings. The van der Waals surface area contributed by atoms with Crippen LogP contribution in [0, 0.1) is 5.82 Å². The second-order valence-electron chi connectivity index (χ2n) is 4.50. The van der Waals surface area contributed by atoms with Crippen molar-refractivity contribution in [1.29, 1.82) is 0 Å². The lowest BCUT2D eigenvalue weighted by molar-refractivity contribution is 0.588. The third kappa shape index (κ3) is 3.77. The third-order valence-electron chi connectivity index (χ3n) is 2.99. The van der Waals surface area contributed by atoms with Gasteiger partial charge < -0.3 is 5.32 Å². The molecule has 1 aromatic heterocycles. The summed E-state index contributed by atoms with van der Waals surface area (Å²) in [6.07, 6.45) is 1.15. The number of halogens is 1. The SMILES string of the molecule is CNS(=O)(=O)c1cccc(NC(C)c2ccc(F)cn2)c1. The van der Waals surface area contributed by atoms with E-state index in [0.29, 0.717) is 11.4 Å². The molecular formula is C14H16FN3O2S. The van der Waals surface area contributed by atoms with Gasteiger partial charge in [0, 0.05) is 5.69 Å². The zero-order chi connectivity index (χ0) is 15.5. The highest BCUT2D eigenvalue weighted by atomic mass is 32.2. The Morgan fingerprint density at radius 1 is 1.24 bits per heavy atom. The lowest BCUT2D eigenvalue weighted by Crippen LogP contribution is -2.18. The molecule has 1 heterocycles. The number of benzene rings is 1. The normalized spacial score (nSPS) is 12.9. The summed E-state index contributed by atoms with van der Waals surface area (Å²) < 4.78 is 38.6. The van der Waals surface area contributed by atoms with E-state index < -0.39 is 15.8 Å². The molecule has 0 saturated carbocycles. The van der Waals surface area contributed by atoms with E-state index in [1.165, 1.54) is 25.2 Å². The van der Waals surface area contributed by atoms with E-state index in [-0.39, 0.29) is 10.9 Å². The Kier molecular flexibility index (Phi) is 4.54. The van der Waals surface area contributed by atoms with Crippen LogP contribution in [0.5, 0.6) is 0 Å². The van der Waals surface area contributed by atoms with Gasteiger partial charge in [0.05, 0.1) is 22.8 Å². The largest absolute Gasteiger partial charge is 0.377 e. The van der Waals surface area contributed by atoms with Gasteiger partial charge in [-0.25, -0.2) is 17.5 Å². The maximum Gasteiger partial charge on any atom is 0.240 e. The Morgan fingerprint density at radius 3 is 2.62 bits per heavy atom. The molecule has 0 radical (unpaired) electrons. The van der Waals surface area contributed by atoms with Gasteiger partial charge in [-0.3, -0.25) is 4.98 Å². The van der Waals surface area contributed by atoms with E-state index in [2.05, 4.69) is 15.0 Å². The topological polar surface area (TPSA) is 71.1 Å². The maximum absolute atomic E-state index is 12.8. The summed E-state index contributed by atoms with van der Waals surface area (Å²) in [5, 5.41) is 3.14. The van der Waals surface area contributed by atoms with Gasteiger partial charge in [0.2, 0.25) is 10.0 Å². The smallest absolute Gasteiger partial charge is 0.240 e. The van der Waals surface area contributed by atoms with Gasteiger partial charge in [-0.15, -0.1) is 0 Å². The molecule has 2 N–H and O–H groups in total. The fourth-order valence-electron chi connectivity index (χ4n) is 1.84. The summed E-state index contributed by atoms with van der Waals surface area (Å²) in [7, 11) is -2.12. The summed E-state index contributed by atoms with van der Waals surface area (Å²) >= 11 is 0. The number of hydrogen-bond donors (Lipinski definition) is 2. The monoisotopic (exact) mass is 309 g/mol. The average molecular weight is 309 g/mol. The van der Waals surface area contributed by atoms with Crippen LogP contribution in [-0.2, 0) is 10.0 Å². The fraction of sp³-hybridized carbons (Fsp3) is 0.214. The maximum atomic E-state index is 12.8. The molecule has 112 valence electrons. The van der Waals surface area contributed by atoms with Crippen LogP contribution < -0.4 is 10.0 Å². The second-order valence-corrected chi connectivity index (χ2v) is 6.39. The van der Waals surface area contributed by atoms with Crippen molar-refractivity contribution >= 4 is 15.7 Å². The summed E-state index contributed by atoms with van der Waals surface area (Å²) in [6.45, 7) is 1.86. The molecule has 5 nitrogen and oxygen atoms in total. The van der Waals surface area contributed by atoms with Crippen molar-refractivity contribution in [2.45, 2.75) is 17.9 Å². The first kappa shape index (κ1) is 15.4. The summed E-state index contributed by atoms with van der Waals surface area (Å²) in [6, 6.07) is 9.19. The molecule has 0 aliphatic heterocycles. The van der Waals surface area contributed by atoms with E-state index in [4.69, 9.17) is 0 Å². The first-order valence-corrected chi connectivity index (χ1v) is 7.82. The number of pyridine rings is 1. The van der Waals surface area contributed by atoms with Crippen molar-refractivity contribution in [1.82, 2.24) is 9.71 Å². The standard InChI is InChI=1S/C14H16FN3O2S/c1-10(14-7-6-11(15)9-17-14)18-12-4-3-5-13(8-12)21(19,20)16-2/h3-10,16,18H,1-2H3. The Balaban J connectivity index is 2.20. The zero-order valence-electron chi connectivity index (χ0n) is 11.7. The minimum Gasteiger partial charge on any atom is -0.377 e. The Labute approximate surface area is 123 Å². The molecule has 0 amide bonds. The molecule has 0 spiro atoms. The highest BCUT2D eigenvalue weighted by molar-refractivity contribution is 7.89. The van der Waals surface area contributed by atoms with Gasteiger partial charge in [0.15, 0.2) is 0 Å². The van der Waals surface area contributed by atoms with Gasteiger partial charge in [0.25, 0.3) is 0 Å². The molecule has 0 bridgehead atoms. The minimum atomic E-state index is -3.48. The van der Waals surface area contributed by atoms with E-state index in [1.807, 2.05) is 6.92 Å². The highest BCUT2D eigenvalue weighted by Gasteiger charge is 2.13. The molecule has 1 unspecified atom stereocenters. The van der Waals surface area contributed by atoms with Gasteiger partial charge in [-0.2, -0.15) is 0 Å². The Morgan fingerprint density at radius 2 is 2.00 bits per heavy atom. The van der Waals surface area contributed by atoms with E-state index in [1.54, 1.807) is 18.2 Å². The molecule has 2 rings (SSSR count). The molecule has 0 aliphatic rings. The van der Waals surface area contributed by atoms with Gasteiger partial charge in [-0.05, 0) is 44.3 Å². The number of rotatable bonds is 5. The first-order chi connectivity index (χ1) is 9.92. The van der Waals surface area contributed by atoms with Crippen LogP contribution >= 0.6 is 0 Å². The Bertz CT molecular complexity index is 717. The van der Waals surface area contributed by atoms with E-state index >= 15 is 0 Å². The van der Waals surface area contributed by atoms with Crippen LogP contribution in [-0.4, -0.2) is 20.4 Å². The first-order valence-electron chi connectivity index (χ1n) is 6.34. The molecule has 1 aromatic carbocycles. The number of anilines is 1. The van der Waals surface area contributed by atoms with Crippen molar-refractivity contribution in [2.24, 2.45) is 0 Å². The van der Waals surface area contributed by atoms with Crippen molar-refractivity contribution in [3.8, 4) is 0 Å². The van der Waals surface area contributed by atoms with Crippen molar-refractivity contribution in [3.05, 3.63) is 54.1 Å². The molecular weight excluding hydrogens is 293 g/mol. The molecule has 2 aromatic rings. The summed E-state index contributed by atoms with van der Waals surface area (Å²) in [4.78, 5) is 4.17. The van der Waals surface area contributed by atoms with E-state index in [0.717, 1.165) is 6.20 Å². The average Bonchev–Trinajstić information content (AvgIpc) is 2.48. The van der Waals surface area contributed by atoms with Crippen molar-refractivity contribution in [2.75, 3.05) is 12.4 Å². The van der Waals surface area contributed by atoms with Gasteiger partial charge in [-0.1, -0.05) is 6.07 Å². The van der Waals surface area contributed by atoms with Crippen LogP contribution in [0.25, 0.3) is 0 Å². The minimum absolute atomic E-state index is 0.175. The predicted octanol–water partition coefficient (Wildman–Crippen LogP) is 2.30. The van der Waals surface area contributed by atoms with E-state index in [9.17, 15) is 12.8 Å². The number of hydrogen-bond acceptors (Lipinski definition) is 4. The third-order valence-corrected chi connectivity index (χ3v) is 4.40. The second kappa shape index (κ2) is 6.19. The van der Waals surface area contributed by atoms with Crippen LogP contribution in [0.2, 0.25) is 0 Å². The number of nitrogens with one attached hydrogen (secondary N) is 2. The quantitative estimate of drug-likeness (QED) is 0.889. The predicted molar refractivity (Wildman–Crippen MR) is 78.9 cm³/mol. The van der Waals surface area contributed by atoms with Crippen molar-refractivity contribution in [3.63, 3.8) is 0 Å². The van der Waals surface area contributed by atoms with Crippen LogP contribution in [0.1, 0.15) is 18.7 Å². The lowest BCUT2D eigenvalue weighted by atomic mass is 10.2.